The summed E-state index contributed by atoms with van der Waals surface area (Å²) in [5, 5.41) is 21.5. The number of unbranched alkanes of at least 4 members (excludes halogenated alkanes) is 1. The number of rotatable bonds is 7. The topological polar surface area (TPSA) is 40.5 Å². The van der Waals surface area contributed by atoms with E-state index < -0.39 is 11.2 Å². The van der Waals surface area contributed by atoms with Crippen LogP contribution in [0.2, 0.25) is 0 Å². The fraction of sp³-hybridized carbons (Fsp3) is 0.933. The first-order chi connectivity index (χ1) is 14.9. The van der Waals surface area contributed by atoms with Crippen LogP contribution in [0.5, 0.6) is 0 Å². The summed E-state index contributed by atoms with van der Waals surface area (Å²) in [5.74, 6) is 4.06. The minimum atomic E-state index is -0.492. The van der Waals surface area contributed by atoms with Gasteiger partial charge in [0.15, 0.2) is 0 Å². The molecule has 2 unspecified atom stereocenters. The lowest BCUT2D eigenvalue weighted by atomic mass is 9.46. The minimum Gasteiger partial charge on any atom is -0.390 e. The average Bonchev–Trinajstić information content (AvgIpc) is 3.08. The highest BCUT2D eigenvalue weighted by molar-refractivity contribution is 5.26. The predicted octanol–water partition coefficient (Wildman–Crippen LogP) is 7.67. The number of allylic oxidation sites excluding steroid dienone is 1. The highest BCUT2D eigenvalue weighted by atomic mass is 16.3. The van der Waals surface area contributed by atoms with Gasteiger partial charge >= 0.3 is 0 Å². The lowest BCUT2D eigenvalue weighted by Gasteiger charge is -2.59. The third kappa shape index (κ3) is 4.37. The van der Waals surface area contributed by atoms with E-state index in [9.17, 15) is 10.2 Å². The van der Waals surface area contributed by atoms with Crippen molar-refractivity contribution < 1.29 is 10.2 Å². The van der Waals surface area contributed by atoms with Gasteiger partial charge in [-0.2, -0.15) is 0 Å². The van der Waals surface area contributed by atoms with Crippen molar-refractivity contribution in [2.45, 2.75) is 136 Å². The molecule has 0 saturated heterocycles. The summed E-state index contributed by atoms with van der Waals surface area (Å²) >= 11 is 0. The average molecular weight is 445 g/mol. The van der Waals surface area contributed by atoms with Crippen LogP contribution in [0.4, 0.5) is 0 Å². The van der Waals surface area contributed by atoms with E-state index in [2.05, 4.69) is 40.7 Å². The summed E-state index contributed by atoms with van der Waals surface area (Å²) in [6.45, 7) is 14.0. The Morgan fingerprint density at radius 2 is 1.81 bits per heavy atom. The van der Waals surface area contributed by atoms with Crippen molar-refractivity contribution in [1.29, 1.82) is 0 Å². The van der Waals surface area contributed by atoms with Gasteiger partial charge in [0.1, 0.15) is 0 Å². The Balaban J connectivity index is 1.45. The van der Waals surface area contributed by atoms with Gasteiger partial charge in [0.25, 0.3) is 0 Å². The molecule has 2 heteroatoms. The van der Waals surface area contributed by atoms with Crippen molar-refractivity contribution in [3.63, 3.8) is 0 Å². The summed E-state index contributed by atoms with van der Waals surface area (Å²) in [4.78, 5) is 0. The zero-order valence-electron chi connectivity index (χ0n) is 22.1. The molecular weight excluding hydrogens is 392 g/mol. The quantitative estimate of drug-likeness (QED) is 0.395. The van der Waals surface area contributed by atoms with Crippen LogP contribution in [0.1, 0.15) is 125 Å². The van der Waals surface area contributed by atoms with Crippen LogP contribution in [0.25, 0.3) is 0 Å². The van der Waals surface area contributed by atoms with E-state index in [-0.39, 0.29) is 0 Å². The van der Waals surface area contributed by atoms with Crippen LogP contribution < -0.4 is 0 Å². The molecule has 0 aliphatic heterocycles. The van der Waals surface area contributed by atoms with Gasteiger partial charge in [0.2, 0.25) is 0 Å². The van der Waals surface area contributed by atoms with Crippen LogP contribution in [-0.4, -0.2) is 21.4 Å². The molecule has 0 aromatic carbocycles. The summed E-state index contributed by atoms with van der Waals surface area (Å²) < 4.78 is 0. The molecule has 4 rings (SSSR count). The highest BCUT2D eigenvalue weighted by Gasteiger charge is 2.59. The molecule has 0 radical (unpaired) electrons. The number of fused-ring (bicyclic) bond motifs is 5. The molecule has 4 aliphatic rings. The monoisotopic (exact) mass is 444 g/mol. The van der Waals surface area contributed by atoms with Crippen LogP contribution in [0.3, 0.4) is 0 Å². The third-order valence-electron chi connectivity index (χ3n) is 11.3. The largest absolute Gasteiger partial charge is 0.390 e. The van der Waals surface area contributed by atoms with Gasteiger partial charge in [-0.15, -0.1) is 0 Å². The maximum Gasteiger partial charge on any atom is 0.0657 e. The van der Waals surface area contributed by atoms with Crippen molar-refractivity contribution in [2.24, 2.45) is 40.4 Å². The first-order valence-electron chi connectivity index (χ1n) is 14.1. The second-order valence-electron chi connectivity index (χ2n) is 13.8. The molecule has 32 heavy (non-hydrogen) atoms. The molecule has 2 nitrogen and oxygen atoms in total. The summed E-state index contributed by atoms with van der Waals surface area (Å²) in [5.41, 5.74) is 1.41. The Morgan fingerprint density at radius 1 is 1.06 bits per heavy atom. The molecule has 0 aromatic heterocycles. The normalized spacial score (nSPS) is 46.4. The molecule has 3 saturated carbocycles. The first-order valence-corrected chi connectivity index (χ1v) is 14.1. The molecule has 2 N–H and O–H groups in total. The van der Waals surface area contributed by atoms with Crippen LogP contribution in [-0.2, 0) is 0 Å². The SMILES string of the molecule is CCCCC(C)(O)CC[C@@H](C)[C@H]1CC[C@H]2[C@@H]3CC=C4C[C@@](C)(O)CC[C@]4(C)[C@H]3CCC12C. The lowest BCUT2D eigenvalue weighted by molar-refractivity contribution is -0.0715. The van der Waals surface area contributed by atoms with Gasteiger partial charge in [-0.3, -0.25) is 0 Å². The van der Waals surface area contributed by atoms with E-state index in [1.807, 2.05) is 6.92 Å². The van der Waals surface area contributed by atoms with Gasteiger partial charge in [-0.1, -0.05) is 52.2 Å². The van der Waals surface area contributed by atoms with Gasteiger partial charge in [0, 0.05) is 0 Å². The number of hydrogen-bond donors (Lipinski definition) is 2. The zero-order chi connectivity index (χ0) is 23.4. The van der Waals surface area contributed by atoms with Crippen molar-refractivity contribution in [1.82, 2.24) is 0 Å². The molecule has 0 amide bonds. The van der Waals surface area contributed by atoms with Crippen molar-refractivity contribution in [3.8, 4) is 0 Å². The van der Waals surface area contributed by atoms with Gasteiger partial charge in [-0.05, 0) is 125 Å². The Hall–Kier alpha value is -0.340. The van der Waals surface area contributed by atoms with Crippen LogP contribution in [0.15, 0.2) is 11.6 Å². The highest BCUT2D eigenvalue weighted by Crippen LogP contribution is 2.67. The fourth-order valence-corrected chi connectivity index (χ4v) is 9.20. The van der Waals surface area contributed by atoms with Crippen molar-refractivity contribution in [3.05, 3.63) is 11.6 Å². The number of hydrogen-bond acceptors (Lipinski definition) is 2. The number of aliphatic hydroxyl groups is 2. The minimum absolute atomic E-state index is 0.328. The Labute approximate surface area is 198 Å². The molecular formula is C30H52O2. The second kappa shape index (κ2) is 8.71. The molecule has 4 aliphatic carbocycles. The van der Waals surface area contributed by atoms with Crippen molar-refractivity contribution >= 4 is 0 Å². The molecule has 184 valence electrons. The maximum atomic E-state index is 10.8. The smallest absolute Gasteiger partial charge is 0.0657 e. The standard InChI is InChI=1S/C30H52O2/c1-7-8-15-27(3,31)16-13-21(2)24-11-12-25-23-10-9-22-20-28(4,32)18-19-29(22,5)26(23)14-17-30(24,25)6/h9,21,23-26,31-32H,7-8,10-20H2,1-6H3/t21-,23+,24-,25+,26+,27?,28+,29+,30?/m1/s1. The van der Waals surface area contributed by atoms with Gasteiger partial charge in [0.05, 0.1) is 11.2 Å². The van der Waals surface area contributed by atoms with E-state index in [4.69, 9.17) is 0 Å². The lowest BCUT2D eigenvalue weighted by Crippen LogP contribution is -2.52. The third-order valence-corrected chi connectivity index (χ3v) is 11.3. The van der Waals surface area contributed by atoms with E-state index in [1.54, 1.807) is 5.57 Å². The first kappa shape index (κ1) is 24.8. The summed E-state index contributed by atoms with van der Waals surface area (Å²) in [6.07, 6.45) is 17.8. The predicted molar refractivity (Wildman–Crippen MR) is 134 cm³/mol. The van der Waals surface area contributed by atoms with E-state index >= 15 is 0 Å². The van der Waals surface area contributed by atoms with Crippen LogP contribution >= 0.6 is 0 Å². The molecule has 9 atom stereocenters. The second-order valence-corrected chi connectivity index (χ2v) is 13.8. The molecule has 0 spiro atoms. The van der Waals surface area contributed by atoms with Crippen molar-refractivity contribution in [2.75, 3.05) is 0 Å². The Morgan fingerprint density at radius 3 is 2.53 bits per heavy atom. The van der Waals surface area contributed by atoms with E-state index in [0.717, 1.165) is 55.8 Å². The van der Waals surface area contributed by atoms with E-state index in [0.29, 0.717) is 16.7 Å². The molecule has 0 bridgehead atoms. The van der Waals surface area contributed by atoms with Gasteiger partial charge in [-0.25, -0.2) is 0 Å². The zero-order valence-corrected chi connectivity index (χ0v) is 22.1. The molecule has 3 fully saturated rings. The molecule has 0 aromatic rings. The van der Waals surface area contributed by atoms with E-state index in [1.165, 1.54) is 51.4 Å². The maximum absolute atomic E-state index is 10.8. The van der Waals surface area contributed by atoms with Gasteiger partial charge < -0.3 is 10.2 Å². The summed E-state index contributed by atoms with van der Waals surface area (Å²) in [6, 6.07) is 0. The van der Waals surface area contributed by atoms with Crippen LogP contribution in [0, 0.1) is 40.4 Å². The Kier molecular flexibility index (Phi) is 6.74. The fourth-order valence-electron chi connectivity index (χ4n) is 9.20. The Bertz CT molecular complexity index is 706. The molecule has 0 heterocycles. The summed E-state index contributed by atoms with van der Waals surface area (Å²) in [7, 11) is 0.